The fourth-order valence-electron chi connectivity index (χ4n) is 14.0. The molecule has 0 aromatic heterocycles. The number of fused-ring (bicyclic) bond motifs is 14. The molecule has 9 aromatic rings. The molecular formula is C70H63B3N2O4. The van der Waals surface area contributed by atoms with Crippen LogP contribution in [0.1, 0.15) is 101 Å². The number of para-hydroxylation sites is 2. The molecule has 9 aromatic carbocycles. The summed E-state index contributed by atoms with van der Waals surface area (Å²) in [5.41, 5.74) is 24.4. The molecule has 0 bridgehead atoms. The summed E-state index contributed by atoms with van der Waals surface area (Å²) < 4.78 is 30.1. The Balaban J connectivity index is 1.11. The van der Waals surface area contributed by atoms with Crippen LogP contribution in [0, 0.1) is 27.7 Å². The van der Waals surface area contributed by atoms with Gasteiger partial charge in [0, 0.05) is 57.2 Å². The molecule has 0 saturated heterocycles. The predicted molar refractivity (Wildman–Crippen MR) is 331 cm³/mol. The molecule has 0 aliphatic carbocycles. The lowest BCUT2D eigenvalue weighted by Crippen LogP contribution is -2.66. The molecule has 0 amide bonds. The lowest BCUT2D eigenvalue weighted by atomic mass is 9.28. The van der Waals surface area contributed by atoms with Gasteiger partial charge in [0.05, 0.1) is 0 Å². The Morgan fingerprint density at radius 3 is 1.06 bits per heavy atom. The maximum atomic E-state index is 7.67. The molecule has 386 valence electrons. The monoisotopic (exact) mass is 1030 g/mol. The van der Waals surface area contributed by atoms with E-state index in [0.717, 1.165) is 124 Å². The molecule has 6 aliphatic rings. The van der Waals surface area contributed by atoms with E-state index in [0.29, 0.717) is 0 Å². The van der Waals surface area contributed by atoms with Crippen molar-refractivity contribution in [3.63, 3.8) is 0 Å². The summed E-state index contributed by atoms with van der Waals surface area (Å²) in [5.74, 6) is 6.75. The first kappa shape index (κ1) is 48.1. The van der Waals surface area contributed by atoms with Gasteiger partial charge in [-0.3, -0.25) is 0 Å². The van der Waals surface area contributed by atoms with E-state index < -0.39 is 0 Å². The van der Waals surface area contributed by atoms with Gasteiger partial charge in [0.2, 0.25) is 0 Å². The largest absolute Gasteiger partial charge is 0.459 e. The molecule has 0 unspecified atom stereocenters. The SMILES string of the molecule is Cc1cc(C)cc(N2c3cc(C(C)(C)C)cc4c3B(c3c2cc2c5c3Oc3ccccc3B5c3ccc(C(C)(C)C)cc3O2)c2c(cc3c5c2Oc2ccccc2B5c2ccc(C(C)(C)C)cc2O3)N4c2cc(C)cc(C)c2)c1. The number of rotatable bonds is 2. The van der Waals surface area contributed by atoms with Crippen molar-refractivity contribution in [3.8, 4) is 46.0 Å². The maximum Gasteiger partial charge on any atom is 0.261 e. The average Bonchev–Trinajstić information content (AvgIpc) is 3.53. The smallest absolute Gasteiger partial charge is 0.261 e. The number of hydrogen-bond acceptors (Lipinski definition) is 6. The number of hydrogen-bond donors (Lipinski definition) is 0. The Hall–Kier alpha value is -8.03. The quantitative estimate of drug-likeness (QED) is 0.161. The molecule has 0 spiro atoms. The van der Waals surface area contributed by atoms with Crippen LogP contribution in [-0.2, 0) is 16.2 Å². The Bertz CT molecular complexity index is 3900. The molecule has 0 saturated carbocycles. The van der Waals surface area contributed by atoms with Crippen molar-refractivity contribution in [2.45, 2.75) is 106 Å². The molecule has 15 rings (SSSR count). The minimum Gasteiger partial charge on any atom is -0.459 e. The second-order valence-corrected chi connectivity index (χ2v) is 26.4. The predicted octanol–water partition coefficient (Wildman–Crippen LogP) is 12.4. The molecule has 9 heteroatoms. The van der Waals surface area contributed by atoms with Crippen molar-refractivity contribution >= 4 is 103 Å². The third kappa shape index (κ3) is 7.06. The second-order valence-electron chi connectivity index (χ2n) is 26.4. The number of ether oxygens (including phenoxy) is 4. The van der Waals surface area contributed by atoms with Gasteiger partial charge in [0.15, 0.2) is 0 Å². The fraction of sp³-hybridized carbons (Fsp3) is 0.229. The summed E-state index contributed by atoms with van der Waals surface area (Å²) in [6.07, 6.45) is 0. The highest BCUT2D eigenvalue weighted by molar-refractivity contribution is 7.05. The van der Waals surface area contributed by atoms with E-state index in [2.05, 4.69) is 245 Å². The Morgan fingerprint density at radius 1 is 0.304 bits per heavy atom. The zero-order chi connectivity index (χ0) is 54.5. The van der Waals surface area contributed by atoms with Crippen LogP contribution < -0.4 is 77.9 Å². The first-order valence-electron chi connectivity index (χ1n) is 28.2. The Labute approximate surface area is 466 Å². The third-order valence-electron chi connectivity index (χ3n) is 17.6. The summed E-state index contributed by atoms with van der Waals surface area (Å²) in [7, 11) is 0. The molecule has 0 radical (unpaired) electrons. The lowest BCUT2D eigenvalue weighted by Gasteiger charge is -2.48. The van der Waals surface area contributed by atoms with Crippen LogP contribution in [0.4, 0.5) is 34.1 Å². The summed E-state index contributed by atoms with van der Waals surface area (Å²) in [6.45, 7) is 28.8. The number of anilines is 6. The zero-order valence-corrected chi connectivity index (χ0v) is 47.6. The van der Waals surface area contributed by atoms with Crippen LogP contribution >= 0.6 is 0 Å². The van der Waals surface area contributed by atoms with Crippen molar-refractivity contribution < 1.29 is 18.9 Å². The number of nitrogens with zero attached hydrogens (tertiary/aromatic N) is 2. The third-order valence-corrected chi connectivity index (χ3v) is 17.6. The van der Waals surface area contributed by atoms with Crippen LogP contribution in [0.3, 0.4) is 0 Å². The Morgan fingerprint density at radius 2 is 0.671 bits per heavy atom. The van der Waals surface area contributed by atoms with Crippen molar-refractivity contribution in [2.24, 2.45) is 0 Å². The van der Waals surface area contributed by atoms with E-state index in [9.17, 15) is 0 Å². The van der Waals surface area contributed by atoms with Crippen LogP contribution in [0.25, 0.3) is 0 Å². The summed E-state index contributed by atoms with van der Waals surface area (Å²) in [4.78, 5) is 5.06. The van der Waals surface area contributed by atoms with E-state index in [-0.39, 0.29) is 36.4 Å². The van der Waals surface area contributed by atoms with Gasteiger partial charge >= 0.3 is 0 Å². The molecule has 6 heterocycles. The van der Waals surface area contributed by atoms with Gasteiger partial charge < -0.3 is 28.7 Å². The van der Waals surface area contributed by atoms with Crippen molar-refractivity contribution in [1.82, 2.24) is 0 Å². The molecule has 6 nitrogen and oxygen atoms in total. The van der Waals surface area contributed by atoms with Crippen molar-refractivity contribution in [2.75, 3.05) is 9.80 Å². The first-order valence-corrected chi connectivity index (χ1v) is 28.2. The topological polar surface area (TPSA) is 43.4 Å². The molecule has 0 atom stereocenters. The van der Waals surface area contributed by atoms with E-state index in [4.69, 9.17) is 18.9 Å². The van der Waals surface area contributed by atoms with E-state index in [1.54, 1.807) is 0 Å². The fourth-order valence-corrected chi connectivity index (χ4v) is 14.0. The van der Waals surface area contributed by atoms with Gasteiger partial charge in [0.25, 0.3) is 20.1 Å². The first-order chi connectivity index (χ1) is 37.7. The standard InChI is InChI=1S/C70H63B3N2O4/c1-38-26-39(2)29-45(28-38)74-51-32-44(70(11,12)13)33-52-61(51)73(62-53(74)36-59-64-66(62)78-55-20-16-14-18-47(55)71(64)49-24-22-42(68(5,6)7)34-57(49)76-59)63-54(75(52)46-30-40(3)27-41(4)31-46)37-60-65-67(63)79-56-21-17-15-19-48(56)72(65)50-25-23-43(69(8,9)10)35-58(50)77-60/h14-37H,1-13H3. The van der Waals surface area contributed by atoms with Crippen LogP contribution in [-0.4, -0.2) is 20.1 Å². The summed E-state index contributed by atoms with van der Waals surface area (Å²) in [5, 5.41) is 0. The van der Waals surface area contributed by atoms with E-state index in [1.807, 2.05) is 0 Å². The van der Waals surface area contributed by atoms with Crippen LogP contribution in [0.2, 0.25) is 0 Å². The number of aryl methyl sites for hydroxylation is 4. The van der Waals surface area contributed by atoms with Crippen molar-refractivity contribution in [3.05, 3.63) is 185 Å². The van der Waals surface area contributed by atoms with Crippen LogP contribution in [0.15, 0.2) is 146 Å². The minimum absolute atomic E-state index is 0.0811. The van der Waals surface area contributed by atoms with Gasteiger partial charge in [-0.05, 0) is 182 Å². The Kier molecular flexibility index (Phi) is 9.92. The highest BCUT2D eigenvalue weighted by atomic mass is 16.5. The van der Waals surface area contributed by atoms with Gasteiger partial charge in [-0.15, -0.1) is 0 Å². The van der Waals surface area contributed by atoms with Gasteiger partial charge in [0.1, 0.15) is 46.0 Å². The molecule has 0 N–H and O–H groups in total. The lowest BCUT2D eigenvalue weighted by molar-refractivity contribution is 0.464. The average molecular weight is 1030 g/mol. The summed E-state index contributed by atoms with van der Waals surface area (Å²) >= 11 is 0. The molecular weight excluding hydrogens is 965 g/mol. The number of benzene rings is 9. The molecule has 0 fully saturated rings. The normalized spacial score (nSPS) is 14.7. The van der Waals surface area contributed by atoms with E-state index >= 15 is 0 Å². The molecule has 6 aliphatic heterocycles. The van der Waals surface area contributed by atoms with E-state index in [1.165, 1.54) is 44.4 Å². The van der Waals surface area contributed by atoms with Gasteiger partial charge in [-0.1, -0.05) is 135 Å². The summed E-state index contributed by atoms with van der Waals surface area (Å²) in [6, 6.07) is 54.6. The van der Waals surface area contributed by atoms with Crippen LogP contribution in [0.5, 0.6) is 46.0 Å². The zero-order valence-electron chi connectivity index (χ0n) is 47.6. The van der Waals surface area contributed by atoms with Crippen molar-refractivity contribution in [1.29, 1.82) is 0 Å². The van der Waals surface area contributed by atoms with Gasteiger partial charge in [-0.2, -0.15) is 0 Å². The molecule has 79 heavy (non-hydrogen) atoms. The van der Waals surface area contributed by atoms with Gasteiger partial charge in [-0.25, -0.2) is 0 Å². The minimum atomic E-state index is -0.389. The highest BCUT2D eigenvalue weighted by Crippen LogP contribution is 2.52. The highest BCUT2D eigenvalue weighted by Gasteiger charge is 2.54. The maximum absolute atomic E-state index is 7.67. The second kappa shape index (κ2) is 16.3.